The van der Waals surface area contributed by atoms with Crippen molar-refractivity contribution in [3.05, 3.63) is 65.2 Å². The van der Waals surface area contributed by atoms with Gasteiger partial charge in [-0.2, -0.15) is 9.28 Å². The van der Waals surface area contributed by atoms with E-state index in [2.05, 4.69) is 0 Å². The van der Waals surface area contributed by atoms with Gasteiger partial charge >= 0.3 is 12.0 Å². The first-order valence-corrected chi connectivity index (χ1v) is 11.9. The third kappa shape index (κ3) is 6.44. The zero-order valence-electron chi connectivity index (χ0n) is 20.6. The number of aryl methyl sites for hydroxylation is 1. The molecule has 7 heteroatoms. The molecule has 2 aromatic carbocycles. The van der Waals surface area contributed by atoms with Gasteiger partial charge < -0.3 is 20.3 Å². The van der Waals surface area contributed by atoms with E-state index in [1.165, 1.54) is 7.05 Å². The number of benzene rings is 2. The Morgan fingerprint density at radius 1 is 1.15 bits per heavy atom. The predicted octanol–water partition coefficient (Wildman–Crippen LogP) is 4.37. The van der Waals surface area contributed by atoms with E-state index in [4.69, 9.17) is 15.2 Å². The number of hydrogen-bond donors (Lipinski definition) is 2. The summed E-state index contributed by atoms with van der Waals surface area (Å²) < 4.78 is 10.5. The average molecular weight is 470 g/mol. The second-order valence-corrected chi connectivity index (χ2v) is 10.2. The Bertz CT molecular complexity index is 1000. The zero-order valence-corrected chi connectivity index (χ0v) is 20.6. The first-order chi connectivity index (χ1) is 16.0. The zero-order chi connectivity index (χ0) is 24.9. The molecule has 0 saturated carbocycles. The molecule has 3 atom stereocenters. The number of quaternary nitrogens is 1. The normalized spacial score (nSPS) is 18.7. The van der Waals surface area contributed by atoms with Crippen LogP contribution in [0.2, 0.25) is 0 Å². The van der Waals surface area contributed by atoms with Crippen LogP contribution in [0, 0.1) is 0 Å². The van der Waals surface area contributed by atoms with E-state index in [0.717, 1.165) is 36.8 Å². The molecule has 1 aliphatic carbocycles. The van der Waals surface area contributed by atoms with Crippen molar-refractivity contribution in [2.24, 2.45) is 5.73 Å². The number of nitrogens with zero attached hydrogens (tertiary/aromatic N) is 1. The molecule has 0 aliphatic heterocycles. The number of hydrogen-bond acceptors (Lipinski definition) is 6. The molecule has 2 aromatic rings. The van der Waals surface area contributed by atoms with Crippen molar-refractivity contribution >= 4 is 12.0 Å². The molecule has 0 spiro atoms. The Morgan fingerprint density at radius 2 is 1.85 bits per heavy atom. The standard InChI is InChI=1S/C27H37N2O5/c1-27(2,3)34-26(32)29(4,17-21(30)18-33-22-11-6-5-7-12-22)25(31)20-14-15-23-19(16-20)10-8-9-13-24(23)28/h5-7,11-12,14-16,21,24,30H,8-10,13,17-18,28H2,1-4H3/q+1/t21-,24?,29?/m0/s1. The number of carbonyl (C=O) groups is 2. The number of ether oxygens (including phenoxy) is 2. The molecule has 0 bridgehead atoms. The Balaban J connectivity index is 1.86. The minimum absolute atomic E-state index is 0.0506. The van der Waals surface area contributed by atoms with Gasteiger partial charge in [-0.15, -0.1) is 0 Å². The predicted molar refractivity (Wildman–Crippen MR) is 130 cm³/mol. The summed E-state index contributed by atoms with van der Waals surface area (Å²) in [7, 11) is 1.49. The number of para-hydroxylation sites is 1. The lowest BCUT2D eigenvalue weighted by molar-refractivity contribution is -0.759. The van der Waals surface area contributed by atoms with Gasteiger partial charge in [-0.25, -0.2) is 4.79 Å². The van der Waals surface area contributed by atoms with Crippen LogP contribution in [0.1, 0.15) is 67.6 Å². The van der Waals surface area contributed by atoms with Crippen LogP contribution in [0.3, 0.4) is 0 Å². The van der Waals surface area contributed by atoms with Gasteiger partial charge in [0.25, 0.3) is 0 Å². The summed E-state index contributed by atoms with van der Waals surface area (Å²) in [6, 6.07) is 14.5. The quantitative estimate of drug-likeness (QED) is 0.481. The number of aliphatic hydroxyl groups excluding tert-OH is 1. The Kier molecular flexibility index (Phi) is 8.13. The maximum atomic E-state index is 13.7. The van der Waals surface area contributed by atoms with Crippen LogP contribution in [0.25, 0.3) is 0 Å². The second-order valence-electron chi connectivity index (χ2n) is 10.2. The van der Waals surface area contributed by atoms with Crippen molar-refractivity contribution in [3.8, 4) is 5.75 Å². The highest BCUT2D eigenvalue weighted by molar-refractivity contribution is 5.94. The molecule has 0 heterocycles. The highest BCUT2D eigenvalue weighted by atomic mass is 16.6. The fourth-order valence-electron chi connectivity index (χ4n) is 4.22. The maximum Gasteiger partial charge on any atom is 0.524 e. The number of imide groups is 1. The molecule has 34 heavy (non-hydrogen) atoms. The Morgan fingerprint density at radius 3 is 2.53 bits per heavy atom. The van der Waals surface area contributed by atoms with Crippen LogP contribution in [0.5, 0.6) is 5.75 Å². The molecule has 184 valence electrons. The first kappa shape index (κ1) is 25.9. The Hall–Kier alpha value is -2.74. The van der Waals surface area contributed by atoms with E-state index in [9.17, 15) is 14.7 Å². The summed E-state index contributed by atoms with van der Waals surface area (Å²) in [5.41, 5.74) is 8.02. The first-order valence-electron chi connectivity index (χ1n) is 11.9. The van der Waals surface area contributed by atoms with Crippen molar-refractivity contribution in [1.82, 2.24) is 0 Å². The van der Waals surface area contributed by atoms with Crippen LogP contribution in [-0.4, -0.2) is 53.5 Å². The van der Waals surface area contributed by atoms with Crippen LogP contribution < -0.4 is 10.5 Å². The molecule has 1 aliphatic rings. The van der Waals surface area contributed by atoms with E-state index in [-0.39, 0.29) is 19.2 Å². The lowest BCUT2D eigenvalue weighted by atomic mass is 9.96. The van der Waals surface area contributed by atoms with E-state index < -0.39 is 28.2 Å². The molecule has 7 nitrogen and oxygen atoms in total. The number of nitrogens with two attached hydrogens (primary N) is 1. The third-order valence-corrected chi connectivity index (χ3v) is 6.01. The average Bonchev–Trinajstić information content (AvgIpc) is 2.97. The summed E-state index contributed by atoms with van der Waals surface area (Å²) in [6.45, 7) is 5.00. The molecule has 0 radical (unpaired) electrons. The monoisotopic (exact) mass is 469 g/mol. The van der Waals surface area contributed by atoms with Gasteiger partial charge in [-0.05, 0) is 75.4 Å². The van der Waals surface area contributed by atoms with Gasteiger partial charge in [0.2, 0.25) is 0 Å². The minimum atomic E-state index is -1.07. The van der Waals surface area contributed by atoms with E-state index >= 15 is 0 Å². The summed E-state index contributed by atoms with van der Waals surface area (Å²) in [6.07, 6.45) is 2.01. The fourth-order valence-corrected chi connectivity index (χ4v) is 4.22. The lowest BCUT2D eigenvalue weighted by Gasteiger charge is -2.32. The van der Waals surface area contributed by atoms with Crippen LogP contribution >= 0.6 is 0 Å². The maximum absolute atomic E-state index is 13.7. The van der Waals surface area contributed by atoms with Crippen molar-refractivity contribution < 1.29 is 28.7 Å². The summed E-state index contributed by atoms with van der Waals surface area (Å²) in [5, 5.41) is 10.7. The number of carbonyl (C=O) groups excluding carboxylic acids is 2. The van der Waals surface area contributed by atoms with Crippen LogP contribution in [0.15, 0.2) is 48.5 Å². The molecule has 0 saturated heterocycles. The highest BCUT2D eigenvalue weighted by Crippen LogP contribution is 2.29. The minimum Gasteiger partial charge on any atom is -0.491 e. The number of amides is 2. The van der Waals surface area contributed by atoms with Gasteiger partial charge in [-0.3, -0.25) is 0 Å². The molecule has 0 aromatic heterocycles. The number of rotatable bonds is 6. The number of likely N-dealkylation sites (N-methyl/N-ethyl adjacent to an activating group) is 1. The van der Waals surface area contributed by atoms with Crippen LogP contribution in [0.4, 0.5) is 4.79 Å². The van der Waals surface area contributed by atoms with Gasteiger partial charge in [0.1, 0.15) is 30.6 Å². The van der Waals surface area contributed by atoms with Gasteiger partial charge in [0.05, 0.1) is 12.6 Å². The third-order valence-electron chi connectivity index (χ3n) is 6.01. The summed E-state index contributed by atoms with van der Waals surface area (Å²) in [5.74, 6) is 0.162. The molecule has 3 rings (SSSR count). The van der Waals surface area contributed by atoms with Gasteiger partial charge in [-0.1, -0.05) is 30.7 Å². The van der Waals surface area contributed by atoms with E-state index in [0.29, 0.717) is 11.3 Å². The molecule has 2 unspecified atom stereocenters. The molecular formula is C27H37N2O5+. The topological polar surface area (TPSA) is 98.9 Å². The largest absolute Gasteiger partial charge is 0.524 e. The molecule has 0 fully saturated rings. The van der Waals surface area contributed by atoms with Crippen LogP contribution in [-0.2, 0) is 11.2 Å². The summed E-state index contributed by atoms with van der Waals surface area (Å²) in [4.78, 5) is 27.0. The fraction of sp³-hybridized carbons (Fsp3) is 0.481. The van der Waals surface area contributed by atoms with Crippen molar-refractivity contribution in [1.29, 1.82) is 0 Å². The summed E-state index contributed by atoms with van der Waals surface area (Å²) >= 11 is 0. The van der Waals surface area contributed by atoms with Crippen molar-refractivity contribution in [2.75, 3.05) is 20.2 Å². The second kappa shape index (κ2) is 10.7. The van der Waals surface area contributed by atoms with E-state index in [1.807, 2.05) is 30.3 Å². The molecular weight excluding hydrogens is 432 g/mol. The smallest absolute Gasteiger partial charge is 0.491 e. The Labute approximate surface area is 202 Å². The highest BCUT2D eigenvalue weighted by Gasteiger charge is 2.46. The van der Waals surface area contributed by atoms with Crippen molar-refractivity contribution in [2.45, 2.75) is 64.2 Å². The van der Waals surface area contributed by atoms with Crippen molar-refractivity contribution in [3.63, 3.8) is 0 Å². The SMILES string of the molecule is CC(C)(C)OC(=O)[N+](C)(C[C@H](O)COc1ccccc1)C(=O)c1ccc2c(c1)CCCCC2N. The lowest BCUT2D eigenvalue weighted by Crippen LogP contribution is -2.59. The number of fused-ring (bicyclic) bond motifs is 1. The number of aliphatic hydroxyl groups is 1. The van der Waals surface area contributed by atoms with Gasteiger partial charge in [0.15, 0.2) is 0 Å². The molecule has 2 amide bonds. The van der Waals surface area contributed by atoms with Gasteiger partial charge in [0, 0.05) is 6.04 Å². The molecule has 3 N–H and O–H groups in total. The van der Waals surface area contributed by atoms with E-state index in [1.54, 1.807) is 39.0 Å².